The summed E-state index contributed by atoms with van der Waals surface area (Å²) >= 11 is 3.37. The van der Waals surface area contributed by atoms with Gasteiger partial charge in [0.25, 0.3) is 0 Å². The quantitative estimate of drug-likeness (QED) is 0.817. The van der Waals surface area contributed by atoms with Crippen molar-refractivity contribution in [3.63, 3.8) is 0 Å². The van der Waals surface area contributed by atoms with Crippen LogP contribution in [0.1, 0.15) is 33.1 Å². The zero-order valence-electron chi connectivity index (χ0n) is 9.82. The molecule has 2 rings (SSSR count). The van der Waals surface area contributed by atoms with Crippen molar-refractivity contribution in [2.45, 2.75) is 39.2 Å². The molecule has 3 atom stereocenters. The minimum atomic E-state index is 0.347. The van der Waals surface area contributed by atoms with Crippen LogP contribution in [0.4, 0.5) is 0 Å². The Hall–Kier alpha value is -0.570. The van der Waals surface area contributed by atoms with Gasteiger partial charge in [-0.1, -0.05) is 13.8 Å². The molecular weight excluding hydrogens is 266 g/mol. The lowest BCUT2D eigenvalue weighted by atomic mass is 9.80. The lowest BCUT2D eigenvalue weighted by Crippen LogP contribution is -2.28. The molecule has 1 aromatic heterocycles. The summed E-state index contributed by atoms with van der Waals surface area (Å²) < 4.78 is 6.89. The highest BCUT2D eigenvalue weighted by molar-refractivity contribution is 9.10. The van der Waals surface area contributed by atoms with E-state index in [0.717, 1.165) is 35.0 Å². The van der Waals surface area contributed by atoms with Crippen molar-refractivity contribution in [3.05, 3.63) is 22.8 Å². The summed E-state index contributed by atoms with van der Waals surface area (Å²) in [6, 6.07) is 3.89. The number of halogens is 1. The highest BCUT2D eigenvalue weighted by Crippen LogP contribution is 2.31. The molecule has 3 unspecified atom stereocenters. The zero-order valence-corrected chi connectivity index (χ0v) is 11.4. The van der Waals surface area contributed by atoms with Crippen LogP contribution in [0.5, 0.6) is 5.88 Å². The summed E-state index contributed by atoms with van der Waals surface area (Å²) in [6.07, 6.45) is 5.70. The lowest BCUT2D eigenvalue weighted by Gasteiger charge is -2.31. The molecule has 1 fully saturated rings. The molecule has 0 spiro atoms. The molecule has 1 aliphatic carbocycles. The Kier molecular flexibility index (Phi) is 3.85. The van der Waals surface area contributed by atoms with Gasteiger partial charge in [0.05, 0.1) is 0 Å². The second-order valence-corrected chi connectivity index (χ2v) is 5.74. The fourth-order valence-electron chi connectivity index (χ4n) is 2.21. The standard InChI is InChI=1S/C13H18BrNO/c1-9-3-5-12(7-10(9)2)16-13-6-4-11(14)8-15-13/h4,6,8-10,12H,3,5,7H2,1-2H3. The first-order chi connectivity index (χ1) is 7.65. The molecule has 0 saturated heterocycles. The fraction of sp³-hybridized carbons (Fsp3) is 0.615. The van der Waals surface area contributed by atoms with E-state index in [1.807, 2.05) is 12.1 Å². The van der Waals surface area contributed by atoms with Crippen LogP contribution in [0.2, 0.25) is 0 Å². The number of hydrogen-bond donors (Lipinski definition) is 0. The summed E-state index contributed by atoms with van der Waals surface area (Å²) in [5.74, 6) is 2.34. The highest BCUT2D eigenvalue weighted by atomic mass is 79.9. The predicted octanol–water partition coefficient (Wildman–Crippen LogP) is 4.05. The summed E-state index contributed by atoms with van der Waals surface area (Å²) in [4.78, 5) is 4.25. The molecule has 0 aliphatic heterocycles. The third-order valence-electron chi connectivity index (χ3n) is 3.54. The van der Waals surface area contributed by atoms with Crippen molar-refractivity contribution < 1.29 is 4.74 Å². The second-order valence-electron chi connectivity index (χ2n) is 4.82. The van der Waals surface area contributed by atoms with Gasteiger partial charge in [0.1, 0.15) is 6.10 Å². The van der Waals surface area contributed by atoms with E-state index in [1.165, 1.54) is 6.42 Å². The smallest absolute Gasteiger partial charge is 0.213 e. The Labute approximate surface area is 106 Å². The Morgan fingerprint density at radius 3 is 2.69 bits per heavy atom. The van der Waals surface area contributed by atoms with Crippen LogP contribution in [0.25, 0.3) is 0 Å². The van der Waals surface area contributed by atoms with E-state index in [4.69, 9.17) is 4.74 Å². The molecule has 1 heterocycles. The number of rotatable bonds is 2. The molecule has 0 bridgehead atoms. The summed E-state index contributed by atoms with van der Waals surface area (Å²) in [5.41, 5.74) is 0. The molecule has 0 amide bonds. The monoisotopic (exact) mass is 283 g/mol. The molecular formula is C13H18BrNO. The van der Waals surface area contributed by atoms with E-state index in [1.54, 1.807) is 6.20 Å². The molecule has 1 saturated carbocycles. The predicted molar refractivity (Wildman–Crippen MR) is 68.5 cm³/mol. The minimum Gasteiger partial charge on any atom is -0.474 e. The number of pyridine rings is 1. The van der Waals surface area contributed by atoms with Crippen molar-refractivity contribution in [1.82, 2.24) is 4.98 Å². The molecule has 1 aromatic rings. The maximum Gasteiger partial charge on any atom is 0.213 e. The molecule has 0 aromatic carbocycles. The van der Waals surface area contributed by atoms with Crippen LogP contribution in [-0.4, -0.2) is 11.1 Å². The number of aromatic nitrogens is 1. The van der Waals surface area contributed by atoms with Gasteiger partial charge >= 0.3 is 0 Å². The Morgan fingerprint density at radius 2 is 2.06 bits per heavy atom. The van der Waals surface area contributed by atoms with Crippen molar-refractivity contribution in [3.8, 4) is 5.88 Å². The van der Waals surface area contributed by atoms with E-state index < -0.39 is 0 Å². The number of nitrogens with zero attached hydrogens (tertiary/aromatic N) is 1. The third kappa shape index (κ3) is 2.97. The van der Waals surface area contributed by atoms with Gasteiger partial charge in [0.15, 0.2) is 0 Å². The first-order valence-corrected chi connectivity index (χ1v) is 6.72. The minimum absolute atomic E-state index is 0.347. The van der Waals surface area contributed by atoms with Crippen LogP contribution >= 0.6 is 15.9 Å². The van der Waals surface area contributed by atoms with Gasteiger partial charge in [-0.25, -0.2) is 4.98 Å². The average molecular weight is 284 g/mol. The van der Waals surface area contributed by atoms with Gasteiger partial charge in [-0.05, 0) is 53.1 Å². The molecule has 2 nitrogen and oxygen atoms in total. The fourth-order valence-corrected chi connectivity index (χ4v) is 2.44. The van der Waals surface area contributed by atoms with Gasteiger partial charge in [-0.15, -0.1) is 0 Å². The van der Waals surface area contributed by atoms with Crippen molar-refractivity contribution in [1.29, 1.82) is 0 Å². The number of hydrogen-bond acceptors (Lipinski definition) is 2. The maximum absolute atomic E-state index is 5.90. The van der Waals surface area contributed by atoms with Crippen molar-refractivity contribution in [2.24, 2.45) is 11.8 Å². The summed E-state index contributed by atoms with van der Waals surface area (Å²) in [5, 5.41) is 0. The molecule has 0 N–H and O–H groups in total. The van der Waals surface area contributed by atoms with Gasteiger partial charge in [0, 0.05) is 16.7 Å². The molecule has 0 radical (unpaired) electrons. The highest BCUT2D eigenvalue weighted by Gasteiger charge is 2.25. The van der Waals surface area contributed by atoms with Crippen LogP contribution < -0.4 is 4.74 Å². The van der Waals surface area contributed by atoms with E-state index in [-0.39, 0.29) is 0 Å². The SMILES string of the molecule is CC1CCC(Oc2ccc(Br)cn2)CC1C. The number of ether oxygens (including phenoxy) is 1. The van der Waals surface area contributed by atoms with Gasteiger partial charge in [-0.2, -0.15) is 0 Å². The van der Waals surface area contributed by atoms with E-state index in [9.17, 15) is 0 Å². The molecule has 1 aliphatic rings. The lowest BCUT2D eigenvalue weighted by molar-refractivity contribution is 0.0964. The van der Waals surface area contributed by atoms with E-state index in [0.29, 0.717) is 6.10 Å². The molecule has 16 heavy (non-hydrogen) atoms. The maximum atomic E-state index is 5.90. The molecule has 88 valence electrons. The average Bonchev–Trinajstić information content (AvgIpc) is 2.27. The van der Waals surface area contributed by atoms with Gasteiger partial charge in [0.2, 0.25) is 5.88 Å². The van der Waals surface area contributed by atoms with Gasteiger partial charge < -0.3 is 4.74 Å². The normalized spacial score (nSPS) is 30.1. The topological polar surface area (TPSA) is 22.1 Å². The van der Waals surface area contributed by atoms with E-state index >= 15 is 0 Å². The van der Waals surface area contributed by atoms with Gasteiger partial charge in [-0.3, -0.25) is 0 Å². The molecule has 3 heteroatoms. The first-order valence-electron chi connectivity index (χ1n) is 5.93. The Balaban J connectivity index is 1.93. The first kappa shape index (κ1) is 11.9. The zero-order chi connectivity index (χ0) is 11.5. The second kappa shape index (κ2) is 5.17. The van der Waals surface area contributed by atoms with Crippen LogP contribution in [-0.2, 0) is 0 Å². The van der Waals surface area contributed by atoms with Crippen molar-refractivity contribution >= 4 is 15.9 Å². The summed E-state index contributed by atoms with van der Waals surface area (Å²) in [7, 11) is 0. The summed E-state index contributed by atoms with van der Waals surface area (Å²) in [6.45, 7) is 4.65. The van der Waals surface area contributed by atoms with E-state index in [2.05, 4.69) is 34.8 Å². The van der Waals surface area contributed by atoms with Crippen LogP contribution in [0.3, 0.4) is 0 Å². The largest absolute Gasteiger partial charge is 0.474 e. The van der Waals surface area contributed by atoms with Crippen LogP contribution in [0, 0.1) is 11.8 Å². The van der Waals surface area contributed by atoms with Crippen molar-refractivity contribution in [2.75, 3.05) is 0 Å². The van der Waals surface area contributed by atoms with Crippen LogP contribution in [0.15, 0.2) is 22.8 Å². The Morgan fingerprint density at radius 1 is 1.25 bits per heavy atom. The Bertz CT molecular complexity index is 338. The third-order valence-corrected chi connectivity index (χ3v) is 4.01.